The fraction of sp³-hybridized carbons (Fsp3) is 0.714. The number of thioether (sulfide) groups is 1. The smallest absolute Gasteiger partial charge is 0.321 e. The maximum absolute atomic E-state index is 12.0. The number of imide groups is 1. The zero-order valence-electron chi connectivity index (χ0n) is 12.8. The largest absolute Gasteiger partial charge is 0.338 e. The normalized spacial score (nSPS) is 18.8. The van der Waals surface area contributed by atoms with E-state index < -0.39 is 11.3 Å². The molecule has 0 bridgehead atoms. The summed E-state index contributed by atoms with van der Waals surface area (Å²) in [5.41, 5.74) is 0. The summed E-state index contributed by atoms with van der Waals surface area (Å²) in [6.45, 7) is 4.07. The molecular weight excluding hydrogens is 302 g/mol. The molecule has 2 saturated carbocycles. The number of aromatic nitrogens is 3. The van der Waals surface area contributed by atoms with Crippen molar-refractivity contribution in [2.24, 2.45) is 0 Å². The molecule has 8 heteroatoms. The van der Waals surface area contributed by atoms with Gasteiger partial charge in [-0.15, -0.1) is 10.2 Å². The third-order valence-corrected chi connectivity index (χ3v) is 4.83. The van der Waals surface area contributed by atoms with Gasteiger partial charge in [-0.25, -0.2) is 4.79 Å². The second kappa shape index (κ2) is 6.28. The Bertz CT molecular complexity index is 580. The minimum atomic E-state index is -0.456. The molecule has 3 rings (SSSR count). The Kier molecular flexibility index (Phi) is 4.37. The highest BCUT2D eigenvalue weighted by Gasteiger charge is 2.37. The lowest BCUT2D eigenvalue weighted by Gasteiger charge is -2.12. The standard InChI is InChI=1S/C14H21N5O2S/c1-3-15-13(21)16-12(20)8(2)22-14-18-17-11(9-4-5-9)19(14)10-6-7-10/h8-10H,3-7H2,1-2H3,(H2,15,16,20,21)/t8-/m0/s1. The third-order valence-electron chi connectivity index (χ3n) is 3.77. The van der Waals surface area contributed by atoms with Crippen LogP contribution in [0, 0.1) is 0 Å². The van der Waals surface area contributed by atoms with Crippen LogP contribution in [0.25, 0.3) is 0 Å². The quantitative estimate of drug-likeness (QED) is 0.780. The number of nitrogens with one attached hydrogen (secondary N) is 2. The number of nitrogens with zero attached hydrogens (tertiary/aromatic N) is 3. The predicted molar refractivity (Wildman–Crippen MR) is 82.8 cm³/mol. The molecule has 1 atom stereocenters. The second-order valence-corrected chi connectivity index (χ2v) is 7.13. The van der Waals surface area contributed by atoms with Gasteiger partial charge >= 0.3 is 6.03 Å². The van der Waals surface area contributed by atoms with Crippen LogP contribution in [0.3, 0.4) is 0 Å². The molecule has 0 aliphatic heterocycles. The molecule has 2 aliphatic rings. The first kappa shape index (κ1) is 15.3. The van der Waals surface area contributed by atoms with E-state index >= 15 is 0 Å². The Morgan fingerprint density at radius 1 is 1.32 bits per heavy atom. The number of carbonyl (C=O) groups excluding carboxylic acids is 2. The first-order valence-corrected chi connectivity index (χ1v) is 8.68. The van der Waals surface area contributed by atoms with Crippen LogP contribution in [-0.2, 0) is 4.79 Å². The van der Waals surface area contributed by atoms with Crippen molar-refractivity contribution in [3.63, 3.8) is 0 Å². The number of carbonyl (C=O) groups is 2. The Balaban J connectivity index is 1.65. The molecular formula is C14H21N5O2S. The summed E-state index contributed by atoms with van der Waals surface area (Å²) in [7, 11) is 0. The maximum atomic E-state index is 12.0. The monoisotopic (exact) mass is 323 g/mol. The molecule has 3 amide bonds. The number of amides is 3. The molecule has 1 aromatic heterocycles. The van der Waals surface area contributed by atoms with Crippen LogP contribution in [0.2, 0.25) is 0 Å². The zero-order valence-corrected chi connectivity index (χ0v) is 13.7. The molecule has 7 nitrogen and oxygen atoms in total. The fourth-order valence-corrected chi connectivity index (χ4v) is 3.22. The van der Waals surface area contributed by atoms with Gasteiger partial charge in [0.05, 0.1) is 5.25 Å². The Hall–Kier alpha value is -1.57. The van der Waals surface area contributed by atoms with Crippen molar-refractivity contribution in [2.45, 2.75) is 61.9 Å². The van der Waals surface area contributed by atoms with Crippen LogP contribution >= 0.6 is 11.8 Å². The molecule has 120 valence electrons. The minimum Gasteiger partial charge on any atom is -0.338 e. The molecule has 0 radical (unpaired) electrons. The summed E-state index contributed by atoms with van der Waals surface area (Å²) >= 11 is 1.37. The first-order valence-electron chi connectivity index (χ1n) is 7.80. The number of rotatable bonds is 6. The van der Waals surface area contributed by atoms with Crippen LogP contribution in [0.4, 0.5) is 4.79 Å². The van der Waals surface area contributed by atoms with Crippen molar-refractivity contribution in [1.29, 1.82) is 0 Å². The third kappa shape index (κ3) is 3.43. The molecule has 0 spiro atoms. The van der Waals surface area contributed by atoms with Gasteiger partial charge in [-0.2, -0.15) is 0 Å². The summed E-state index contributed by atoms with van der Waals surface area (Å²) in [6, 6.07) is 0.0361. The fourth-order valence-electron chi connectivity index (χ4n) is 2.29. The molecule has 0 saturated heterocycles. The molecule has 2 aliphatic carbocycles. The molecule has 0 unspecified atom stereocenters. The maximum Gasteiger partial charge on any atom is 0.321 e. The van der Waals surface area contributed by atoms with Gasteiger partial charge in [-0.3, -0.25) is 10.1 Å². The van der Waals surface area contributed by atoms with Crippen molar-refractivity contribution < 1.29 is 9.59 Å². The molecule has 2 N–H and O–H groups in total. The van der Waals surface area contributed by atoms with Crippen LogP contribution in [0.1, 0.15) is 57.3 Å². The highest BCUT2D eigenvalue weighted by atomic mass is 32.2. The Morgan fingerprint density at radius 2 is 2.05 bits per heavy atom. The van der Waals surface area contributed by atoms with E-state index in [-0.39, 0.29) is 5.91 Å². The van der Waals surface area contributed by atoms with Gasteiger partial charge in [0.15, 0.2) is 5.16 Å². The van der Waals surface area contributed by atoms with Crippen molar-refractivity contribution >= 4 is 23.7 Å². The average Bonchev–Trinajstić information content (AvgIpc) is 3.38. The SMILES string of the molecule is CCNC(=O)NC(=O)[C@H](C)Sc1nnc(C2CC2)n1C1CC1. The van der Waals surface area contributed by atoms with E-state index in [9.17, 15) is 9.59 Å². The van der Waals surface area contributed by atoms with Gasteiger partial charge in [-0.1, -0.05) is 11.8 Å². The van der Waals surface area contributed by atoms with Crippen LogP contribution in [0.5, 0.6) is 0 Å². The Labute approximate surface area is 133 Å². The van der Waals surface area contributed by atoms with Crippen LogP contribution in [0.15, 0.2) is 5.16 Å². The minimum absolute atomic E-state index is 0.311. The zero-order chi connectivity index (χ0) is 15.7. The average molecular weight is 323 g/mol. The van der Waals surface area contributed by atoms with Gasteiger partial charge in [-0.05, 0) is 39.5 Å². The number of hydrogen-bond donors (Lipinski definition) is 2. The first-order chi connectivity index (χ1) is 10.6. The van der Waals surface area contributed by atoms with E-state index in [4.69, 9.17) is 0 Å². The number of urea groups is 1. The molecule has 1 heterocycles. The van der Waals surface area contributed by atoms with Gasteiger partial charge < -0.3 is 9.88 Å². The molecule has 2 fully saturated rings. The van der Waals surface area contributed by atoms with E-state index in [1.165, 1.54) is 24.6 Å². The van der Waals surface area contributed by atoms with E-state index in [1.54, 1.807) is 13.8 Å². The summed E-state index contributed by atoms with van der Waals surface area (Å²) in [4.78, 5) is 23.4. The van der Waals surface area contributed by atoms with E-state index in [0.29, 0.717) is 18.5 Å². The molecule has 0 aromatic carbocycles. The van der Waals surface area contributed by atoms with Crippen LogP contribution in [-0.4, -0.2) is 38.5 Å². The van der Waals surface area contributed by atoms with Gasteiger partial charge in [0.1, 0.15) is 5.82 Å². The highest BCUT2D eigenvalue weighted by Crippen LogP contribution is 2.46. The van der Waals surface area contributed by atoms with E-state index in [2.05, 4.69) is 25.4 Å². The predicted octanol–water partition coefficient (Wildman–Crippen LogP) is 1.82. The summed E-state index contributed by atoms with van der Waals surface area (Å²) < 4.78 is 2.21. The summed E-state index contributed by atoms with van der Waals surface area (Å²) in [6.07, 6.45) is 4.68. The lowest BCUT2D eigenvalue weighted by molar-refractivity contribution is -0.119. The van der Waals surface area contributed by atoms with Crippen molar-refractivity contribution in [1.82, 2.24) is 25.4 Å². The summed E-state index contributed by atoms with van der Waals surface area (Å²) in [5, 5.41) is 13.9. The van der Waals surface area contributed by atoms with Gasteiger partial charge in [0.25, 0.3) is 0 Å². The summed E-state index contributed by atoms with van der Waals surface area (Å²) in [5.74, 6) is 1.30. The van der Waals surface area contributed by atoms with Crippen LogP contribution < -0.4 is 10.6 Å². The topological polar surface area (TPSA) is 88.9 Å². The Morgan fingerprint density at radius 3 is 2.64 bits per heavy atom. The van der Waals surface area contributed by atoms with E-state index in [0.717, 1.165) is 23.8 Å². The van der Waals surface area contributed by atoms with Crippen molar-refractivity contribution in [3.05, 3.63) is 5.82 Å². The van der Waals surface area contributed by atoms with Crippen molar-refractivity contribution in [3.8, 4) is 0 Å². The highest BCUT2D eigenvalue weighted by molar-refractivity contribution is 8.00. The van der Waals surface area contributed by atoms with E-state index in [1.807, 2.05) is 0 Å². The lowest BCUT2D eigenvalue weighted by Crippen LogP contribution is -2.42. The number of hydrogen-bond acceptors (Lipinski definition) is 5. The lowest BCUT2D eigenvalue weighted by atomic mass is 10.4. The second-order valence-electron chi connectivity index (χ2n) is 5.83. The molecule has 1 aromatic rings. The molecule has 22 heavy (non-hydrogen) atoms. The van der Waals surface area contributed by atoms with Crippen molar-refractivity contribution in [2.75, 3.05) is 6.54 Å². The van der Waals surface area contributed by atoms with Gasteiger partial charge in [0, 0.05) is 18.5 Å². The van der Waals surface area contributed by atoms with Gasteiger partial charge in [0.2, 0.25) is 5.91 Å².